The van der Waals surface area contributed by atoms with Crippen LogP contribution in [0.25, 0.3) is 6.08 Å². The van der Waals surface area contributed by atoms with Crippen LogP contribution < -0.4 is 14.8 Å². The second kappa shape index (κ2) is 12.2. The number of benzene rings is 2. The Morgan fingerprint density at radius 2 is 1.68 bits per heavy atom. The standard InChI is InChI=1S/C27H37NO3/c1-7-8-9-17-31-24-15-13-21(18-25(24)30-6)14-16-26(29)28-27-22(19(2)3)11-10-12-23(27)20(4)5/h10-16,18-20H,7-9,17H2,1-6H3,(H,28,29)/b16-14+. The minimum absolute atomic E-state index is 0.145. The molecule has 0 saturated heterocycles. The van der Waals surface area contributed by atoms with E-state index in [4.69, 9.17) is 9.47 Å². The van der Waals surface area contributed by atoms with E-state index in [9.17, 15) is 4.79 Å². The van der Waals surface area contributed by atoms with Gasteiger partial charge in [0.25, 0.3) is 0 Å². The van der Waals surface area contributed by atoms with Crippen molar-refractivity contribution in [1.82, 2.24) is 0 Å². The van der Waals surface area contributed by atoms with E-state index in [0.29, 0.717) is 24.2 Å². The largest absolute Gasteiger partial charge is 0.493 e. The number of carbonyl (C=O) groups is 1. The molecule has 0 spiro atoms. The fraction of sp³-hybridized carbons (Fsp3) is 0.444. The lowest BCUT2D eigenvalue weighted by molar-refractivity contribution is -0.111. The van der Waals surface area contributed by atoms with Crippen LogP contribution in [0, 0.1) is 0 Å². The summed E-state index contributed by atoms with van der Waals surface area (Å²) in [4.78, 5) is 12.7. The minimum atomic E-state index is -0.145. The van der Waals surface area contributed by atoms with Gasteiger partial charge in [-0.1, -0.05) is 71.7 Å². The molecule has 168 valence electrons. The third kappa shape index (κ3) is 7.16. The number of ether oxygens (including phenoxy) is 2. The number of hydrogen-bond acceptors (Lipinski definition) is 3. The zero-order valence-electron chi connectivity index (χ0n) is 19.8. The zero-order valence-corrected chi connectivity index (χ0v) is 19.8. The van der Waals surface area contributed by atoms with Gasteiger partial charge in [-0.25, -0.2) is 0 Å². The molecule has 2 aromatic rings. The fourth-order valence-corrected chi connectivity index (χ4v) is 3.47. The highest BCUT2D eigenvalue weighted by Gasteiger charge is 2.15. The van der Waals surface area contributed by atoms with Gasteiger partial charge in [0.05, 0.1) is 13.7 Å². The third-order valence-corrected chi connectivity index (χ3v) is 5.24. The number of anilines is 1. The lowest BCUT2D eigenvalue weighted by Gasteiger charge is -2.19. The Morgan fingerprint density at radius 3 is 2.26 bits per heavy atom. The number of hydrogen-bond donors (Lipinski definition) is 1. The molecule has 0 aliphatic carbocycles. The van der Waals surface area contributed by atoms with E-state index in [1.54, 1.807) is 19.3 Å². The van der Waals surface area contributed by atoms with Crippen LogP contribution in [0.1, 0.15) is 82.4 Å². The molecule has 31 heavy (non-hydrogen) atoms. The van der Waals surface area contributed by atoms with E-state index in [-0.39, 0.29) is 5.91 Å². The van der Waals surface area contributed by atoms with Crippen LogP contribution in [0.3, 0.4) is 0 Å². The van der Waals surface area contributed by atoms with E-state index in [1.165, 1.54) is 0 Å². The summed E-state index contributed by atoms with van der Waals surface area (Å²) in [5.41, 5.74) is 4.11. The van der Waals surface area contributed by atoms with E-state index in [1.807, 2.05) is 18.2 Å². The maximum atomic E-state index is 12.7. The number of para-hydroxylation sites is 1. The van der Waals surface area contributed by atoms with Crippen LogP contribution in [0.4, 0.5) is 5.69 Å². The topological polar surface area (TPSA) is 47.6 Å². The van der Waals surface area contributed by atoms with E-state index in [0.717, 1.165) is 47.4 Å². The second-order valence-electron chi connectivity index (χ2n) is 8.41. The van der Waals surface area contributed by atoms with Gasteiger partial charge >= 0.3 is 0 Å². The Labute approximate surface area is 187 Å². The van der Waals surface area contributed by atoms with Crippen LogP contribution in [0.15, 0.2) is 42.5 Å². The summed E-state index contributed by atoms with van der Waals surface area (Å²) < 4.78 is 11.3. The first kappa shape index (κ1) is 24.5. The lowest BCUT2D eigenvalue weighted by Crippen LogP contribution is -2.13. The van der Waals surface area contributed by atoms with Crippen LogP contribution >= 0.6 is 0 Å². The summed E-state index contributed by atoms with van der Waals surface area (Å²) in [6.07, 6.45) is 6.70. The lowest BCUT2D eigenvalue weighted by atomic mass is 9.92. The maximum Gasteiger partial charge on any atom is 0.248 e. The smallest absolute Gasteiger partial charge is 0.248 e. The number of rotatable bonds is 11. The molecule has 0 saturated carbocycles. The average molecular weight is 424 g/mol. The monoisotopic (exact) mass is 423 g/mol. The van der Waals surface area contributed by atoms with Gasteiger partial charge in [0.15, 0.2) is 11.5 Å². The van der Waals surface area contributed by atoms with E-state index >= 15 is 0 Å². The first-order valence-electron chi connectivity index (χ1n) is 11.3. The molecule has 0 aliphatic heterocycles. The summed E-state index contributed by atoms with van der Waals surface area (Å²) in [6, 6.07) is 11.9. The summed E-state index contributed by atoms with van der Waals surface area (Å²) in [5, 5.41) is 3.11. The molecule has 1 amide bonds. The Kier molecular flexibility index (Phi) is 9.64. The van der Waals surface area contributed by atoms with E-state index < -0.39 is 0 Å². The van der Waals surface area contributed by atoms with Crippen molar-refractivity contribution >= 4 is 17.7 Å². The van der Waals surface area contributed by atoms with Crippen molar-refractivity contribution in [1.29, 1.82) is 0 Å². The highest BCUT2D eigenvalue weighted by Crippen LogP contribution is 2.32. The Bertz CT molecular complexity index is 858. The van der Waals surface area contributed by atoms with Crippen molar-refractivity contribution in [3.05, 3.63) is 59.2 Å². The quantitative estimate of drug-likeness (QED) is 0.308. The van der Waals surface area contributed by atoms with E-state index in [2.05, 4.69) is 58.1 Å². The molecule has 2 rings (SSSR count). The average Bonchev–Trinajstić information content (AvgIpc) is 2.75. The second-order valence-corrected chi connectivity index (χ2v) is 8.41. The summed E-state index contributed by atoms with van der Waals surface area (Å²) in [5.74, 6) is 1.91. The highest BCUT2D eigenvalue weighted by atomic mass is 16.5. The van der Waals surface area contributed by atoms with Gasteiger partial charge < -0.3 is 14.8 Å². The van der Waals surface area contributed by atoms with Crippen LogP contribution in [0.5, 0.6) is 11.5 Å². The number of carbonyl (C=O) groups excluding carboxylic acids is 1. The van der Waals surface area contributed by atoms with Gasteiger partial charge in [-0.3, -0.25) is 4.79 Å². The molecular weight excluding hydrogens is 386 g/mol. The number of amides is 1. The number of nitrogens with one attached hydrogen (secondary N) is 1. The molecule has 2 aromatic carbocycles. The third-order valence-electron chi connectivity index (χ3n) is 5.24. The van der Waals surface area contributed by atoms with Crippen LogP contribution in [-0.4, -0.2) is 19.6 Å². The minimum Gasteiger partial charge on any atom is -0.493 e. The summed E-state index contributed by atoms with van der Waals surface area (Å²) in [7, 11) is 1.63. The predicted molar refractivity (Wildman–Crippen MR) is 130 cm³/mol. The van der Waals surface area contributed by atoms with Crippen molar-refractivity contribution in [2.45, 2.75) is 65.7 Å². The first-order chi connectivity index (χ1) is 14.9. The number of unbranched alkanes of at least 4 members (excludes halogenated alkanes) is 2. The van der Waals surface area contributed by atoms with Gasteiger partial charge in [-0.05, 0) is 53.2 Å². The van der Waals surface area contributed by atoms with Crippen molar-refractivity contribution < 1.29 is 14.3 Å². The fourth-order valence-electron chi connectivity index (χ4n) is 3.47. The van der Waals surface area contributed by atoms with Gasteiger partial charge in [0, 0.05) is 11.8 Å². The van der Waals surface area contributed by atoms with Crippen molar-refractivity contribution in [2.24, 2.45) is 0 Å². The predicted octanol–water partition coefficient (Wildman–Crippen LogP) is 7.16. The molecule has 4 heteroatoms. The van der Waals surface area contributed by atoms with Crippen molar-refractivity contribution in [3.63, 3.8) is 0 Å². The van der Waals surface area contributed by atoms with Crippen molar-refractivity contribution in [3.8, 4) is 11.5 Å². The molecule has 0 radical (unpaired) electrons. The molecule has 0 bridgehead atoms. The maximum absolute atomic E-state index is 12.7. The SMILES string of the molecule is CCCCCOc1ccc(/C=C/C(=O)Nc2c(C(C)C)cccc2C(C)C)cc1OC. The Hall–Kier alpha value is -2.75. The van der Waals surface area contributed by atoms with Gasteiger partial charge in [-0.2, -0.15) is 0 Å². The molecule has 0 aliphatic rings. The Balaban J connectivity index is 2.13. The van der Waals surface area contributed by atoms with Gasteiger partial charge in [0.1, 0.15) is 0 Å². The first-order valence-corrected chi connectivity index (χ1v) is 11.3. The molecule has 4 nitrogen and oxygen atoms in total. The van der Waals surface area contributed by atoms with Gasteiger partial charge in [-0.15, -0.1) is 0 Å². The molecule has 0 unspecified atom stereocenters. The molecule has 1 N–H and O–H groups in total. The molecule has 0 fully saturated rings. The zero-order chi connectivity index (χ0) is 22.8. The van der Waals surface area contributed by atoms with Crippen molar-refractivity contribution in [2.75, 3.05) is 19.0 Å². The summed E-state index contributed by atoms with van der Waals surface area (Å²) in [6.45, 7) is 11.4. The molecule has 0 heterocycles. The molecule has 0 aromatic heterocycles. The number of methoxy groups -OCH3 is 1. The molecular formula is C27H37NO3. The highest BCUT2D eigenvalue weighted by molar-refractivity contribution is 6.03. The van der Waals surface area contributed by atoms with Gasteiger partial charge in [0.2, 0.25) is 5.91 Å². The normalized spacial score (nSPS) is 11.4. The van der Waals surface area contributed by atoms with Crippen LogP contribution in [-0.2, 0) is 4.79 Å². The van der Waals surface area contributed by atoms with Crippen LogP contribution in [0.2, 0.25) is 0 Å². The Morgan fingerprint density at radius 1 is 1.00 bits per heavy atom. The summed E-state index contributed by atoms with van der Waals surface area (Å²) >= 11 is 0. The molecule has 0 atom stereocenters.